The van der Waals surface area contributed by atoms with Crippen LogP contribution in [0, 0.1) is 32.4 Å². The summed E-state index contributed by atoms with van der Waals surface area (Å²) < 4.78 is 27.2. The molecule has 2 nitrogen and oxygen atoms in total. The van der Waals surface area contributed by atoms with Crippen molar-refractivity contribution in [2.24, 2.45) is 0 Å². The Morgan fingerprint density at radius 1 is 1.09 bits per heavy atom. The van der Waals surface area contributed by atoms with Crippen LogP contribution >= 0.6 is 11.8 Å². The minimum Gasteiger partial charge on any atom is -0.320 e. The minimum absolute atomic E-state index is 0.401. The Balaban J connectivity index is 2.15. The summed E-state index contributed by atoms with van der Waals surface area (Å²) in [5, 5.41) is 1.86. The molecule has 0 bridgehead atoms. The number of benzene rings is 2. The van der Waals surface area contributed by atoms with Crippen molar-refractivity contribution in [3.05, 3.63) is 58.7 Å². The Kier molecular flexibility index (Phi) is 5.42. The summed E-state index contributed by atoms with van der Waals surface area (Å²) in [5.74, 6) is -1.99. The number of rotatable bonds is 4. The number of thioether (sulfide) groups is 1. The van der Waals surface area contributed by atoms with Gasteiger partial charge in [0.25, 0.3) is 0 Å². The number of amides is 1. The van der Waals surface area contributed by atoms with Crippen LogP contribution in [0.3, 0.4) is 0 Å². The molecule has 0 spiro atoms. The van der Waals surface area contributed by atoms with Gasteiger partial charge in [0.15, 0.2) is 0 Å². The Labute approximate surface area is 139 Å². The molecular formula is C18H19F2NOS. The molecule has 0 aliphatic rings. The van der Waals surface area contributed by atoms with E-state index in [0.29, 0.717) is 0 Å². The molecule has 0 unspecified atom stereocenters. The molecule has 0 aliphatic heterocycles. The Hall–Kier alpha value is -1.88. The third kappa shape index (κ3) is 4.10. The van der Waals surface area contributed by atoms with Gasteiger partial charge in [-0.25, -0.2) is 8.78 Å². The van der Waals surface area contributed by atoms with Gasteiger partial charge in [0.1, 0.15) is 17.3 Å². The van der Waals surface area contributed by atoms with Crippen LogP contribution in [0.4, 0.5) is 14.5 Å². The van der Waals surface area contributed by atoms with E-state index in [0.717, 1.165) is 33.7 Å². The summed E-state index contributed by atoms with van der Waals surface area (Å²) in [5.41, 5.74) is 2.94. The van der Waals surface area contributed by atoms with Crippen molar-refractivity contribution in [1.82, 2.24) is 0 Å². The zero-order valence-corrected chi connectivity index (χ0v) is 14.4. The lowest BCUT2D eigenvalue weighted by Crippen LogP contribution is -2.23. The standard InChI is InChI=1S/C18H19F2NOS/c1-10-8-11(2)17(12(3)9-10)23-13(4)18(22)21-16-14(19)6-5-7-15(16)20/h5-9,13H,1-4H3,(H,21,22)/t13-/m0/s1. The second-order valence-electron chi connectivity index (χ2n) is 5.57. The van der Waals surface area contributed by atoms with Gasteiger partial charge in [0.05, 0.1) is 5.25 Å². The van der Waals surface area contributed by atoms with Crippen molar-refractivity contribution < 1.29 is 13.6 Å². The number of anilines is 1. The molecule has 1 N–H and O–H groups in total. The van der Waals surface area contributed by atoms with Gasteiger partial charge in [-0.05, 0) is 51.0 Å². The largest absolute Gasteiger partial charge is 0.320 e. The summed E-state index contributed by atoms with van der Waals surface area (Å²) in [7, 11) is 0. The lowest BCUT2D eigenvalue weighted by molar-refractivity contribution is -0.115. The molecule has 2 aromatic rings. The molecule has 0 radical (unpaired) electrons. The van der Waals surface area contributed by atoms with Gasteiger partial charge in [-0.3, -0.25) is 4.79 Å². The maximum absolute atomic E-state index is 13.6. The predicted molar refractivity (Wildman–Crippen MR) is 91.0 cm³/mol. The van der Waals surface area contributed by atoms with Crippen molar-refractivity contribution in [2.75, 3.05) is 5.32 Å². The van der Waals surface area contributed by atoms with E-state index in [4.69, 9.17) is 0 Å². The minimum atomic E-state index is -0.779. The first kappa shape index (κ1) is 17.5. The number of hydrogen-bond donors (Lipinski definition) is 1. The summed E-state index contributed by atoms with van der Waals surface area (Å²) in [6, 6.07) is 7.60. The summed E-state index contributed by atoms with van der Waals surface area (Å²) >= 11 is 1.39. The van der Waals surface area contributed by atoms with Crippen molar-refractivity contribution >= 4 is 23.4 Å². The summed E-state index contributed by atoms with van der Waals surface area (Å²) in [6.45, 7) is 7.72. The van der Waals surface area contributed by atoms with Gasteiger partial charge in [-0.1, -0.05) is 23.8 Å². The molecule has 2 aromatic carbocycles. The van der Waals surface area contributed by atoms with Crippen molar-refractivity contribution in [3.8, 4) is 0 Å². The van der Waals surface area contributed by atoms with Crippen molar-refractivity contribution in [3.63, 3.8) is 0 Å². The molecule has 1 atom stereocenters. The van der Waals surface area contributed by atoms with Crippen LogP contribution in [0.25, 0.3) is 0 Å². The normalized spacial score (nSPS) is 12.1. The van der Waals surface area contributed by atoms with Crippen LogP contribution in [-0.2, 0) is 4.79 Å². The van der Waals surface area contributed by atoms with E-state index in [2.05, 4.69) is 17.4 Å². The van der Waals surface area contributed by atoms with E-state index in [-0.39, 0.29) is 0 Å². The molecule has 0 saturated carbocycles. The molecule has 23 heavy (non-hydrogen) atoms. The Morgan fingerprint density at radius 3 is 2.13 bits per heavy atom. The van der Waals surface area contributed by atoms with E-state index < -0.39 is 28.5 Å². The maximum Gasteiger partial charge on any atom is 0.237 e. The van der Waals surface area contributed by atoms with Crippen LogP contribution in [0.15, 0.2) is 35.2 Å². The zero-order valence-electron chi connectivity index (χ0n) is 13.5. The van der Waals surface area contributed by atoms with Gasteiger partial charge in [-0.15, -0.1) is 11.8 Å². The van der Waals surface area contributed by atoms with Crippen molar-refractivity contribution in [2.45, 2.75) is 37.8 Å². The first-order valence-corrected chi connectivity index (χ1v) is 8.17. The molecule has 0 heterocycles. The summed E-state index contributed by atoms with van der Waals surface area (Å²) in [4.78, 5) is 13.3. The number of halogens is 2. The fraction of sp³-hybridized carbons (Fsp3) is 0.278. The van der Waals surface area contributed by atoms with E-state index in [1.165, 1.54) is 17.8 Å². The van der Waals surface area contributed by atoms with Crippen molar-refractivity contribution in [1.29, 1.82) is 0 Å². The molecule has 122 valence electrons. The van der Waals surface area contributed by atoms with E-state index in [1.54, 1.807) is 6.92 Å². The van der Waals surface area contributed by atoms with E-state index >= 15 is 0 Å². The number of carbonyl (C=O) groups excluding carboxylic acids is 1. The molecule has 0 aromatic heterocycles. The van der Waals surface area contributed by atoms with Crippen LogP contribution < -0.4 is 5.32 Å². The third-order valence-electron chi connectivity index (χ3n) is 3.48. The predicted octanol–water partition coefficient (Wildman–Crippen LogP) is 5.01. The highest BCUT2D eigenvalue weighted by Crippen LogP contribution is 2.31. The third-order valence-corrected chi connectivity index (χ3v) is 4.93. The molecular weight excluding hydrogens is 316 g/mol. The van der Waals surface area contributed by atoms with Gasteiger partial charge in [0, 0.05) is 4.90 Å². The second kappa shape index (κ2) is 7.13. The van der Waals surface area contributed by atoms with Crippen LogP contribution in [0.2, 0.25) is 0 Å². The van der Waals surface area contributed by atoms with Gasteiger partial charge < -0.3 is 5.32 Å². The highest BCUT2D eigenvalue weighted by atomic mass is 32.2. The molecule has 0 aliphatic carbocycles. The Bertz CT molecular complexity index is 703. The highest BCUT2D eigenvalue weighted by molar-refractivity contribution is 8.00. The van der Waals surface area contributed by atoms with Gasteiger partial charge in [0.2, 0.25) is 5.91 Å². The summed E-state index contributed by atoms with van der Waals surface area (Å²) in [6.07, 6.45) is 0. The van der Waals surface area contributed by atoms with Crippen LogP contribution in [-0.4, -0.2) is 11.2 Å². The smallest absolute Gasteiger partial charge is 0.237 e. The maximum atomic E-state index is 13.6. The highest BCUT2D eigenvalue weighted by Gasteiger charge is 2.19. The average molecular weight is 335 g/mol. The Morgan fingerprint density at radius 2 is 1.61 bits per heavy atom. The van der Waals surface area contributed by atoms with E-state index in [1.807, 2.05) is 20.8 Å². The number of para-hydroxylation sites is 1. The first-order valence-electron chi connectivity index (χ1n) is 7.29. The lowest BCUT2D eigenvalue weighted by Gasteiger charge is -2.16. The average Bonchev–Trinajstić information content (AvgIpc) is 2.46. The quantitative estimate of drug-likeness (QED) is 0.796. The number of hydrogen-bond acceptors (Lipinski definition) is 2. The number of carbonyl (C=O) groups is 1. The topological polar surface area (TPSA) is 29.1 Å². The monoisotopic (exact) mass is 335 g/mol. The van der Waals surface area contributed by atoms with Crippen LogP contribution in [0.5, 0.6) is 0 Å². The van der Waals surface area contributed by atoms with E-state index in [9.17, 15) is 13.6 Å². The fourth-order valence-corrected chi connectivity index (χ4v) is 3.43. The first-order chi connectivity index (χ1) is 10.8. The molecule has 0 saturated heterocycles. The SMILES string of the molecule is Cc1cc(C)c(S[C@@H](C)C(=O)Nc2c(F)cccc2F)c(C)c1. The van der Waals surface area contributed by atoms with Gasteiger partial charge in [-0.2, -0.15) is 0 Å². The number of aryl methyl sites for hydroxylation is 3. The lowest BCUT2D eigenvalue weighted by atomic mass is 10.1. The van der Waals surface area contributed by atoms with Crippen LogP contribution in [0.1, 0.15) is 23.6 Å². The molecule has 5 heteroatoms. The zero-order chi connectivity index (χ0) is 17.1. The number of nitrogens with one attached hydrogen (secondary N) is 1. The molecule has 1 amide bonds. The fourth-order valence-electron chi connectivity index (χ4n) is 2.43. The van der Waals surface area contributed by atoms with Gasteiger partial charge >= 0.3 is 0 Å². The molecule has 2 rings (SSSR count). The second-order valence-corrected chi connectivity index (χ2v) is 6.92. The molecule has 0 fully saturated rings.